The molecule has 0 aromatic heterocycles. The minimum atomic E-state index is -1.10. The van der Waals surface area contributed by atoms with Crippen molar-refractivity contribution in [3.8, 4) is 0 Å². The molecule has 3 atom stereocenters. The van der Waals surface area contributed by atoms with Gasteiger partial charge in [-0.15, -0.1) is 0 Å². The van der Waals surface area contributed by atoms with Gasteiger partial charge in [0.05, 0.1) is 12.7 Å². The molecule has 2 aliphatic rings. The zero-order valence-corrected chi connectivity index (χ0v) is 24.0. The lowest BCUT2D eigenvalue weighted by atomic mass is 9.73. The van der Waals surface area contributed by atoms with Crippen molar-refractivity contribution < 1.29 is 19.4 Å². The third kappa shape index (κ3) is 8.60. The third-order valence-electron chi connectivity index (χ3n) is 8.42. The number of methoxy groups -OCH3 is 1. The van der Waals surface area contributed by atoms with E-state index in [9.17, 15) is 14.7 Å². The topological polar surface area (TPSA) is 103 Å². The molecule has 8 nitrogen and oxygen atoms in total. The van der Waals surface area contributed by atoms with Crippen LogP contribution in [-0.2, 0) is 10.3 Å². The van der Waals surface area contributed by atoms with E-state index >= 15 is 0 Å². The SMILES string of the molecule is CNC[C@H](CC1CCCCC1)NC(=O)N1CCC[C@@H]([C@@](O)(CCCNC(=O)OC)c2cc(C)cc(C)c2)C1. The number of hydrogen-bond acceptors (Lipinski definition) is 5. The van der Waals surface area contributed by atoms with Crippen LogP contribution in [0.15, 0.2) is 18.2 Å². The summed E-state index contributed by atoms with van der Waals surface area (Å²) < 4.78 is 4.68. The van der Waals surface area contributed by atoms with Crippen LogP contribution >= 0.6 is 0 Å². The minimum Gasteiger partial charge on any atom is -0.453 e. The second-order valence-electron chi connectivity index (χ2n) is 11.6. The van der Waals surface area contributed by atoms with Gasteiger partial charge in [-0.05, 0) is 64.5 Å². The summed E-state index contributed by atoms with van der Waals surface area (Å²) in [5.74, 6) is 0.590. The Balaban J connectivity index is 1.71. The summed E-state index contributed by atoms with van der Waals surface area (Å²) in [6.07, 6.45) is 9.79. The molecule has 1 saturated heterocycles. The monoisotopic (exact) mass is 530 g/mol. The third-order valence-corrected chi connectivity index (χ3v) is 8.42. The fourth-order valence-corrected chi connectivity index (χ4v) is 6.51. The van der Waals surface area contributed by atoms with Gasteiger partial charge >= 0.3 is 12.1 Å². The van der Waals surface area contributed by atoms with E-state index in [1.807, 2.05) is 25.8 Å². The number of carbonyl (C=O) groups is 2. The maximum Gasteiger partial charge on any atom is 0.406 e. The lowest BCUT2D eigenvalue weighted by molar-refractivity contribution is -0.0553. The summed E-state index contributed by atoms with van der Waals surface area (Å²) in [5, 5.41) is 21.5. The molecule has 214 valence electrons. The zero-order chi connectivity index (χ0) is 27.5. The number of urea groups is 1. The van der Waals surface area contributed by atoms with Crippen molar-refractivity contribution in [2.45, 2.75) is 89.7 Å². The maximum atomic E-state index is 13.5. The van der Waals surface area contributed by atoms with Crippen LogP contribution in [0.3, 0.4) is 0 Å². The highest BCUT2D eigenvalue weighted by molar-refractivity contribution is 5.74. The smallest absolute Gasteiger partial charge is 0.406 e. The van der Waals surface area contributed by atoms with Crippen molar-refractivity contribution in [2.24, 2.45) is 11.8 Å². The molecule has 0 radical (unpaired) electrons. The Morgan fingerprint density at radius 3 is 2.47 bits per heavy atom. The predicted octanol–water partition coefficient (Wildman–Crippen LogP) is 4.61. The van der Waals surface area contributed by atoms with Gasteiger partial charge in [-0.1, -0.05) is 61.4 Å². The Morgan fingerprint density at radius 1 is 1.11 bits per heavy atom. The first-order valence-corrected chi connectivity index (χ1v) is 14.6. The molecule has 3 amide bonds. The lowest BCUT2D eigenvalue weighted by Crippen LogP contribution is -2.54. The number of nitrogens with zero attached hydrogens (tertiary/aromatic N) is 1. The molecule has 0 unspecified atom stereocenters. The van der Waals surface area contributed by atoms with Crippen LogP contribution in [0, 0.1) is 25.7 Å². The molecule has 3 rings (SSSR count). The molecule has 1 aromatic carbocycles. The van der Waals surface area contributed by atoms with Gasteiger partial charge in [0, 0.05) is 38.1 Å². The molecule has 1 aromatic rings. The molecule has 1 aliphatic carbocycles. The Morgan fingerprint density at radius 2 is 1.82 bits per heavy atom. The van der Waals surface area contributed by atoms with Crippen molar-refractivity contribution in [1.29, 1.82) is 0 Å². The van der Waals surface area contributed by atoms with E-state index in [1.165, 1.54) is 39.2 Å². The summed E-state index contributed by atoms with van der Waals surface area (Å²) in [6.45, 7) is 6.48. The number of likely N-dealkylation sites (tertiary alicyclic amines) is 1. The van der Waals surface area contributed by atoms with Crippen LogP contribution in [0.2, 0.25) is 0 Å². The molecule has 1 heterocycles. The van der Waals surface area contributed by atoms with Gasteiger partial charge in [-0.25, -0.2) is 9.59 Å². The number of nitrogens with one attached hydrogen (secondary N) is 3. The molecule has 2 fully saturated rings. The summed E-state index contributed by atoms with van der Waals surface area (Å²) in [5.41, 5.74) is 2.01. The van der Waals surface area contributed by atoms with Crippen molar-refractivity contribution in [2.75, 3.05) is 40.3 Å². The second-order valence-corrected chi connectivity index (χ2v) is 11.6. The van der Waals surface area contributed by atoms with Gasteiger partial charge in [0.2, 0.25) is 0 Å². The zero-order valence-electron chi connectivity index (χ0n) is 24.0. The number of ether oxygens (including phenoxy) is 1. The molecule has 8 heteroatoms. The molecular weight excluding hydrogens is 480 g/mol. The molecule has 1 saturated carbocycles. The van der Waals surface area contributed by atoms with Gasteiger partial charge in [0.1, 0.15) is 0 Å². The van der Waals surface area contributed by atoms with E-state index in [1.54, 1.807) is 0 Å². The first-order chi connectivity index (χ1) is 18.2. The fraction of sp³-hybridized carbons (Fsp3) is 0.733. The number of hydrogen-bond donors (Lipinski definition) is 4. The summed E-state index contributed by atoms with van der Waals surface area (Å²) >= 11 is 0. The van der Waals surface area contributed by atoms with Crippen molar-refractivity contribution in [3.05, 3.63) is 34.9 Å². The second kappa shape index (κ2) is 14.7. The number of aliphatic hydroxyl groups is 1. The van der Waals surface area contributed by atoms with Crippen molar-refractivity contribution in [1.82, 2.24) is 20.9 Å². The molecule has 38 heavy (non-hydrogen) atoms. The van der Waals surface area contributed by atoms with Gasteiger partial charge in [-0.3, -0.25) is 0 Å². The molecular formula is C30H50N4O4. The molecule has 4 N–H and O–H groups in total. The highest BCUT2D eigenvalue weighted by atomic mass is 16.5. The molecule has 1 aliphatic heterocycles. The highest BCUT2D eigenvalue weighted by Gasteiger charge is 2.41. The number of aryl methyl sites for hydroxylation is 2. The van der Waals surface area contributed by atoms with Crippen LogP contribution in [-0.4, -0.2) is 68.5 Å². The van der Waals surface area contributed by atoms with Crippen LogP contribution < -0.4 is 16.0 Å². The number of piperidine rings is 1. The van der Waals surface area contributed by atoms with E-state index in [2.05, 4.69) is 38.9 Å². The first kappa shape index (κ1) is 30.2. The first-order valence-electron chi connectivity index (χ1n) is 14.6. The Hall–Kier alpha value is -2.32. The van der Waals surface area contributed by atoms with Crippen LogP contribution in [0.4, 0.5) is 9.59 Å². The Kier molecular flexibility index (Phi) is 11.7. The number of amides is 3. The normalized spacial score (nSPS) is 20.9. The minimum absolute atomic E-state index is 0.0270. The van der Waals surface area contributed by atoms with E-state index in [-0.39, 0.29) is 18.0 Å². The van der Waals surface area contributed by atoms with E-state index < -0.39 is 11.7 Å². The van der Waals surface area contributed by atoms with E-state index in [0.717, 1.165) is 42.5 Å². The number of alkyl carbamates (subject to hydrolysis) is 1. The number of benzene rings is 1. The van der Waals surface area contributed by atoms with Crippen molar-refractivity contribution >= 4 is 12.1 Å². The van der Waals surface area contributed by atoms with E-state index in [0.29, 0.717) is 38.4 Å². The standard InChI is InChI=1S/C30H50N4O4/c1-22-16-23(2)18-26(17-22)30(37,13-9-14-32-29(36)38-4)25-12-8-15-34(21-25)28(35)33-27(20-31-3)19-24-10-6-5-7-11-24/h16-18,24-25,27,31,37H,5-15,19-21H2,1-4H3,(H,32,36)(H,33,35)/t25-,27+,30+/m1/s1. The summed E-state index contributed by atoms with van der Waals surface area (Å²) in [7, 11) is 3.29. The number of carbonyl (C=O) groups excluding carboxylic acids is 2. The van der Waals surface area contributed by atoms with Crippen LogP contribution in [0.25, 0.3) is 0 Å². The quantitative estimate of drug-likeness (QED) is 0.313. The fourth-order valence-electron chi connectivity index (χ4n) is 6.51. The summed E-state index contributed by atoms with van der Waals surface area (Å²) in [6, 6.07) is 6.32. The largest absolute Gasteiger partial charge is 0.453 e. The van der Waals surface area contributed by atoms with E-state index in [4.69, 9.17) is 0 Å². The Labute approximate surface area is 229 Å². The predicted molar refractivity (Wildman–Crippen MR) is 151 cm³/mol. The van der Waals surface area contributed by atoms with Gasteiger partial charge in [-0.2, -0.15) is 0 Å². The number of rotatable bonds is 11. The van der Waals surface area contributed by atoms with Gasteiger partial charge < -0.3 is 30.7 Å². The summed E-state index contributed by atoms with van der Waals surface area (Å²) in [4.78, 5) is 26.9. The molecule has 0 bridgehead atoms. The van der Waals surface area contributed by atoms with Gasteiger partial charge in [0.25, 0.3) is 0 Å². The molecule has 0 spiro atoms. The van der Waals surface area contributed by atoms with Crippen molar-refractivity contribution in [3.63, 3.8) is 0 Å². The highest BCUT2D eigenvalue weighted by Crippen LogP contribution is 2.40. The van der Waals surface area contributed by atoms with Gasteiger partial charge in [0.15, 0.2) is 0 Å². The lowest BCUT2D eigenvalue weighted by Gasteiger charge is -2.43. The average Bonchev–Trinajstić information content (AvgIpc) is 2.91. The van der Waals surface area contributed by atoms with Crippen LogP contribution in [0.1, 0.15) is 80.9 Å². The maximum absolute atomic E-state index is 13.5. The Bertz CT molecular complexity index is 884. The average molecular weight is 531 g/mol. The number of likely N-dealkylation sites (N-methyl/N-ethyl adjacent to an activating group) is 1. The van der Waals surface area contributed by atoms with Crippen LogP contribution in [0.5, 0.6) is 0 Å².